The fourth-order valence-electron chi connectivity index (χ4n) is 1.48. The average Bonchev–Trinajstić information content (AvgIpc) is 2.02. The molecule has 0 aromatic heterocycles. The van der Waals surface area contributed by atoms with Gasteiger partial charge in [-0.3, -0.25) is 0 Å². The van der Waals surface area contributed by atoms with Gasteiger partial charge in [0.2, 0.25) is 0 Å². The third-order valence-electron chi connectivity index (χ3n) is 2.34. The monoisotopic (exact) mass is 233 g/mol. The van der Waals surface area contributed by atoms with Crippen molar-refractivity contribution in [2.45, 2.75) is 22.9 Å². The van der Waals surface area contributed by atoms with Crippen molar-refractivity contribution >= 4 is 11.8 Å². The largest absolute Gasteiger partial charge is 0.446 e. The van der Waals surface area contributed by atoms with Gasteiger partial charge in [0.05, 0.1) is 0 Å². The molecule has 1 N–H and O–H groups in total. The Morgan fingerprint density at radius 2 is 1.80 bits per heavy atom. The van der Waals surface area contributed by atoms with Crippen LogP contribution in [0.5, 0.6) is 0 Å². The zero-order valence-corrected chi connectivity index (χ0v) is 8.66. The van der Waals surface area contributed by atoms with Crippen molar-refractivity contribution in [3.63, 3.8) is 0 Å². The van der Waals surface area contributed by atoms with Crippen LogP contribution in [0.2, 0.25) is 0 Å². The molecule has 1 aromatic rings. The molecule has 1 aliphatic heterocycles. The van der Waals surface area contributed by atoms with Crippen LogP contribution in [0.1, 0.15) is 18.0 Å². The van der Waals surface area contributed by atoms with Gasteiger partial charge < -0.3 is 5.32 Å². The lowest BCUT2D eigenvalue weighted by Gasteiger charge is -2.28. The first-order chi connectivity index (χ1) is 7.04. The maximum absolute atomic E-state index is 12.0. The number of hydrogen-bond donors (Lipinski definition) is 1. The number of rotatable bonds is 2. The van der Waals surface area contributed by atoms with Crippen molar-refractivity contribution in [3.05, 3.63) is 29.8 Å². The second-order valence-corrected chi connectivity index (χ2v) is 4.55. The fourth-order valence-corrected chi connectivity index (χ4v) is 2.01. The van der Waals surface area contributed by atoms with Crippen LogP contribution in [0.3, 0.4) is 0 Å². The van der Waals surface area contributed by atoms with E-state index in [1.807, 2.05) is 0 Å². The van der Waals surface area contributed by atoms with Gasteiger partial charge in [0.15, 0.2) is 0 Å². The van der Waals surface area contributed by atoms with E-state index in [4.69, 9.17) is 0 Å². The van der Waals surface area contributed by atoms with Crippen LogP contribution in [-0.4, -0.2) is 12.1 Å². The molecule has 0 amide bonds. The zero-order chi connectivity index (χ0) is 10.9. The maximum Gasteiger partial charge on any atom is 0.446 e. The van der Waals surface area contributed by atoms with E-state index in [1.165, 1.54) is 12.1 Å². The number of nitrogens with one attached hydrogen (secondary N) is 1. The van der Waals surface area contributed by atoms with E-state index >= 15 is 0 Å². The zero-order valence-electron chi connectivity index (χ0n) is 7.84. The van der Waals surface area contributed by atoms with Gasteiger partial charge in [0.1, 0.15) is 0 Å². The van der Waals surface area contributed by atoms with Gasteiger partial charge in [-0.25, -0.2) is 0 Å². The predicted octanol–water partition coefficient (Wildman–Crippen LogP) is 3.33. The highest BCUT2D eigenvalue weighted by Gasteiger charge is 2.29. The highest BCUT2D eigenvalue weighted by Crippen LogP contribution is 2.37. The molecule has 1 saturated heterocycles. The van der Waals surface area contributed by atoms with Crippen LogP contribution in [0.4, 0.5) is 13.2 Å². The molecule has 1 atom stereocenters. The molecule has 5 heteroatoms. The van der Waals surface area contributed by atoms with E-state index in [0.29, 0.717) is 6.04 Å². The summed E-state index contributed by atoms with van der Waals surface area (Å²) in [4.78, 5) is 0.241. The van der Waals surface area contributed by atoms with Crippen molar-refractivity contribution in [1.82, 2.24) is 5.32 Å². The Morgan fingerprint density at radius 1 is 1.20 bits per heavy atom. The van der Waals surface area contributed by atoms with Crippen LogP contribution in [0.25, 0.3) is 0 Å². The van der Waals surface area contributed by atoms with Crippen LogP contribution in [0, 0.1) is 0 Å². The van der Waals surface area contributed by atoms with Gasteiger partial charge in [-0.2, -0.15) is 13.2 Å². The van der Waals surface area contributed by atoms with Crippen LogP contribution in [-0.2, 0) is 0 Å². The second kappa shape index (κ2) is 4.06. The molecule has 1 aliphatic rings. The van der Waals surface area contributed by atoms with Gasteiger partial charge in [0, 0.05) is 10.9 Å². The Kier molecular flexibility index (Phi) is 2.93. The molecular weight excluding hydrogens is 223 g/mol. The maximum atomic E-state index is 12.0. The summed E-state index contributed by atoms with van der Waals surface area (Å²) >= 11 is -0.0736. The Morgan fingerprint density at radius 3 is 2.20 bits per heavy atom. The summed E-state index contributed by atoms with van der Waals surface area (Å²) in [5, 5.41) is 3.20. The Balaban J connectivity index is 2.03. The van der Waals surface area contributed by atoms with Crippen LogP contribution < -0.4 is 5.32 Å². The van der Waals surface area contributed by atoms with E-state index in [-0.39, 0.29) is 16.7 Å². The first kappa shape index (κ1) is 10.8. The molecule has 1 fully saturated rings. The van der Waals surface area contributed by atoms with Crippen LogP contribution in [0.15, 0.2) is 29.2 Å². The summed E-state index contributed by atoms with van der Waals surface area (Å²) in [7, 11) is 0. The Bertz CT molecular complexity index is 330. The Hall–Kier alpha value is -0.680. The normalized spacial score (nSPS) is 21.1. The number of hydrogen-bond acceptors (Lipinski definition) is 2. The molecule has 15 heavy (non-hydrogen) atoms. The minimum absolute atomic E-state index is 0.0736. The van der Waals surface area contributed by atoms with Gasteiger partial charge in [-0.05, 0) is 42.4 Å². The van der Waals surface area contributed by atoms with Gasteiger partial charge in [-0.15, -0.1) is 0 Å². The molecule has 0 saturated carbocycles. The molecule has 2 rings (SSSR count). The lowest BCUT2D eigenvalue weighted by molar-refractivity contribution is -0.0328. The quantitative estimate of drug-likeness (QED) is 0.786. The third kappa shape index (κ3) is 2.89. The van der Waals surface area contributed by atoms with Gasteiger partial charge >= 0.3 is 5.51 Å². The predicted molar refractivity (Wildman–Crippen MR) is 53.7 cm³/mol. The number of thioether (sulfide) groups is 1. The molecular formula is C10H10F3NS. The van der Waals surface area contributed by atoms with Crippen molar-refractivity contribution in [1.29, 1.82) is 0 Å². The van der Waals surface area contributed by atoms with Gasteiger partial charge in [0.25, 0.3) is 0 Å². The van der Waals surface area contributed by atoms with Crippen molar-refractivity contribution in [2.75, 3.05) is 6.54 Å². The lowest BCUT2D eigenvalue weighted by atomic mass is 9.98. The highest BCUT2D eigenvalue weighted by atomic mass is 32.2. The molecule has 1 heterocycles. The molecule has 0 aliphatic carbocycles. The third-order valence-corrected chi connectivity index (χ3v) is 3.08. The number of alkyl halides is 3. The molecule has 0 bridgehead atoms. The van der Waals surface area contributed by atoms with E-state index in [1.54, 1.807) is 12.1 Å². The van der Waals surface area contributed by atoms with E-state index in [9.17, 15) is 13.2 Å². The Labute approximate surface area is 90.1 Å². The smallest absolute Gasteiger partial charge is 0.310 e. The summed E-state index contributed by atoms with van der Waals surface area (Å²) < 4.78 is 36.1. The standard InChI is InChI=1S/C10H10F3NS/c11-10(12,13)15-8-3-1-7(2-4-8)9-5-6-14-9/h1-4,9,14H,5-6H2/t9-/m0/s1. The summed E-state index contributed by atoms with van der Waals surface area (Å²) in [5.74, 6) is 0. The first-order valence-electron chi connectivity index (χ1n) is 4.64. The molecule has 1 nitrogen and oxygen atoms in total. The molecule has 82 valence electrons. The van der Waals surface area contributed by atoms with E-state index < -0.39 is 5.51 Å². The minimum atomic E-state index is -4.20. The van der Waals surface area contributed by atoms with Gasteiger partial charge in [-0.1, -0.05) is 12.1 Å². The highest BCUT2D eigenvalue weighted by molar-refractivity contribution is 8.00. The fraction of sp³-hybridized carbons (Fsp3) is 0.400. The van der Waals surface area contributed by atoms with E-state index in [2.05, 4.69) is 5.32 Å². The van der Waals surface area contributed by atoms with Crippen molar-refractivity contribution < 1.29 is 13.2 Å². The topological polar surface area (TPSA) is 12.0 Å². The van der Waals surface area contributed by atoms with Crippen molar-refractivity contribution in [2.24, 2.45) is 0 Å². The first-order valence-corrected chi connectivity index (χ1v) is 5.45. The minimum Gasteiger partial charge on any atom is -0.310 e. The summed E-state index contributed by atoms with van der Waals surface area (Å²) in [6.07, 6.45) is 1.06. The second-order valence-electron chi connectivity index (χ2n) is 3.41. The van der Waals surface area contributed by atoms with Crippen molar-refractivity contribution in [3.8, 4) is 0 Å². The van der Waals surface area contributed by atoms with E-state index in [0.717, 1.165) is 18.5 Å². The SMILES string of the molecule is FC(F)(F)Sc1ccc([C@@H]2CCN2)cc1. The molecule has 0 spiro atoms. The molecule has 0 radical (unpaired) electrons. The molecule has 0 unspecified atom stereocenters. The number of benzene rings is 1. The summed E-state index contributed by atoms with van der Waals surface area (Å²) in [6, 6.07) is 6.88. The summed E-state index contributed by atoms with van der Waals surface area (Å²) in [5.41, 5.74) is -3.14. The molecule has 1 aromatic carbocycles. The van der Waals surface area contributed by atoms with Crippen LogP contribution >= 0.6 is 11.8 Å². The average molecular weight is 233 g/mol. The summed E-state index contributed by atoms with van der Waals surface area (Å²) in [6.45, 7) is 0.990. The lowest BCUT2D eigenvalue weighted by Crippen LogP contribution is -2.34. The number of halogens is 3.